The van der Waals surface area contributed by atoms with Crippen molar-refractivity contribution in [2.75, 3.05) is 46.0 Å². The molecule has 0 aromatic rings. The molecule has 0 radical (unpaired) electrons. The van der Waals surface area contributed by atoms with Crippen LogP contribution in [0.1, 0.15) is 32.1 Å². The molecule has 0 bridgehead atoms. The zero-order chi connectivity index (χ0) is 14.6. The minimum absolute atomic E-state index is 0.281. The minimum atomic E-state index is -3.09. The van der Waals surface area contributed by atoms with Crippen molar-refractivity contribution in [1.29, 1.82) is 0 Å². The molecule has 0 amide bonds. The number of nitrogens with zero attached hydrogens (tertiary/aromatic N) is 2. The van der Waals surface area contributed by atoms with Crippen molar-refractivity contribution >= 4 is 10.0 Å². The van der Waals surface area contributed by atoms with Gasteiger partial charge in [0, 0.05) is 26.2 Å². The summed E-state index contributed by atoms with van der Waals surface area (Å²) in [4.78, 5) is 2.27. The van der Waals surface area contributed by atoms with E-state index in [0.29, 0.717) is 18.5 Å². The molecule has 2 saturated heterocycles. The van der Waals surface area contributed by atoms with Crippen LogP contribution in [-0.4, -0.2) is 69.7 Å². The fourth-order valence-corrected chi connectivity index (χ4v) is 4.60. The Hall–Kier alpha value is -0.170. The monoisotopic (exact) mass is 303 g/mol. The Morgan fingerprint density at radius 3 is 2.70 bits per heavy atom. The summed E-state index contributed by atoms with van der Waals surface area (Å²) >= 11 is 0. The quantitative estimate of drug-likeness (QED) is 0.786. The molecule has 2 aliphatic heterocycles. The highest BCUT2D eigenvalue weighted by atomic mass is 32.2. The van der Waals surface area contributed by atoms with E-state index in [1.807, 2.05) is 0 Å². The van der Waals surface area contributed by atoms with Crippen LogP contribution in [0.4, 0.5) is 0 Å². The van der Waals surface area contributed by atoms with Gasteiger partial charge >= 0.3 is 0 Å². The molecule has 6 heteroatoms. The molecular formula is C14H29N3O2S. The van der Waals surface area contributed by atoms with Crippen LogP contribution in [-0.2, 0) is 10.0 Å². The normalized spacial score (nSPS) is 29.1. The largest absolute Gasteiger partial charge is 0.314 e. The minimum Gasteiger partial charge on any atom is -0.314 e. The molecule has 2 aliphatic rings. The summed E-state index contributed by atoms with van der Waals surface area (Å²) in [6.07, 6.45) is 5.42. The van der Waals surface area contributed by atoms with Gasteiger partial charge < -0.3 is 10.2 Å². The number of piperidine rings is 1. The van der Waals surface area contributed by atoms with Crippen LogP contribution in [0.2, 0.25) is 0 Å². The van der Waals surface area contributed by atoms with Gasteiger partial charge in [-0.1, -0.05) is 6.42 Å². The molecule has 2 heterocycles. The van der Waals surface area contributed by atoms with E-state index in [1.165, 1.54) is 12.8 Å². The van der Waals surface area contributed by atoms with Crippen LogP contribution < -0.4 is 5.32 Å². The lowest BCUT2D eigenvalue weighted by atomic mass is 10.0. The van der Waals surface area contributed by atoms with E-state index >= 15 is 0 Å². The van der Waals surface area contributed by atoms with E-state index in [1.54, 1.807) is 11.4 Å². The van der Waals surface area contributed by atoms with E-state index in [0.717, 1.165) is 38.9 Å². The zero-order valence-electron chi connectivity index (χ0n) is 12.8. The second-order valence-electron chi connectivity index (χ2n) is 6.45. The van der Waals surface area contributed by atoms with Crippen molar-refractivity contribution in [2.24, 2.45) is 5.92 Å². The Balaban J connectivity index is 1.76. The molecule has 2 fully saturated rings. The van der Waals surface area contributed by atoms with Gasteiger partial charge in [-0.2, -0.15) is 0 Å². The summed E-state index contributed by atoms with van der Waals surface area (Å²) in [6, 6.07) is 0.393. The number of rotatable bonds is 6. The van der Waals surface area contributed by atoms with Crippen molar-refractivity contribution in [3.63, 3.8) is 0 Å². The highest BCUT2D eigenvalue weighted by Crippen LogP contribution is 2.18. The van der Waals surface area contributed by atoms with Gasteiger partial charge in [-0.15, -0.1) is 0 Å². The van der Waals surface area contributed by atoms with E-state index in [4.69, 9.17) is 0 Å². The maximum Gasteiger partial charge on any atom is 0.213 e. The van der Waals surface area contributed by atoms with Gasteiger partial charge in [0.1, 0.15) is 0 Å². The average molecular weight is 303 g/mol. The first-order valence-electron chi connectivity index (χ1n) is 7.83. The second-order valence-corrected chi connectivity index (χ2v) is 8.64. The third-order valence-electron chi connectivity index (χ3n) is 4.62. The molecule has 20 heavy (non-hydrogen) atoms. The Bertz CT molecular complexity index is 393. The Kier molecular flexibility index (Phi) is 5.84. The Labute approximate surface area is 123 Å². The third kappa shape index (κ3) is 4.69. The van der Waals surface area contributed by atoms with Crippen LogP contribution >= 0.6 is 0 Å². The molecule has 2 rings (SSSR count). The van der Waals surface area contributed by atoms with Crippen molar-refractivity contribution in [3.05, 3.63) is 0 Å². The summed E-state index contributed by atoms with van der Waals surface area (Å²) in [5, 5.41) is 3.42. The molecular weight excluding hydrogens is 274 g/mol. The van der Waals surface area contributed by atoms with E-state index in [2.05, 4.69) is 17.3 Å². The maximum atomic E-state index is 12.3. The molecule has 0 aromatic heterocycles. The standard InChI is InChI=1S/C14H29N3O2S/c1-16-9-6-13(11-16)12-17(2)20(18,19)10-7-14-5-3-4-8-15-14/h13-15H,3-12H2,1-2H3. The summed E-state index contributed by atoms with van der Waals surface area (Å²) < 4.78 is 26.2. The molecule has 0 saturated carbocycles. The van der Waals surface area contributed by atoms with Gasteiger partial charge in [-0.25, -0.2) is 12.7 Å². The Morgan fingerprint density at radius 2 is 2.10 bits per heavy atom. The van der Waals surface area contributed by atoms with Crippen molar-refractivity contribution in [3.8, 4) is 0 Å². The van der Waals surface area contributed by atoms with Crippen molar-refractivity contribution in [1.82, 2.24) is 14.5 Å². The predicted molar refractivity (Wildman–Crippen MR) is 82.3 cm³/mol. The van der Waals surface area contributed by atoms with Crippen LogP contribution in [0.15, 0.2) is 0 Å². The fraction of sp³-hybridized carbons (Fsp3) is 1.00. The molecule has 0 aliphatic carbocycles. The molecule has 118 valence electrons. The van der Waals surface area contributed by atoms with Crippen LogP contribution in [0, 0.1) is 5.92 Å². The fourth-order valence-electron chi connectivity index (χ4n) is 3.27. The number of sulfonamides is 1. The highest BCUT2D eigenvalue weighted by molar-refractivity contribution is 7.89. The summed E-state index contributed by atoms with van der Waals surface area (Å²) in [6.45, 7) is 3.81. The highest BCUT2D eigenvalue weighted by Gasteiger charge is 2.26. The Morgan fingerprint density at radius 1 is 1.30 bits per heavy atom. The summed E-state index contributed by atoms with van der Waals surface area (Å²) in [7, 11) is 0.749. The molecule has 0 aromatic carbocycles. The number of nitrogens with one attached hydrogen (secondary N) is 1. The first-order valence-corrected chi connectivity index (χ1v) is 9.44. The van der Waals surface area contributed by atoms with Gasteiger partial charge in [0.25, 0.3) is 0 Å². The second kappa shape index (κ2) is 7.20. The molecule has 1 N–H and O–H groups in total. The lowest BCUT2D eigenvalue weighted by Crippen LogP contribution is -2.39. The van der Waals surface area contributed by atoms with Crippen LogP contribution in [0.3, 0.4) is 0 Å². The lowest BCUT2D eigenvalue weighted by Gasteiger charge is -2.25. The number of hydrogen-bond acceptors (Lipinski definition) is 4. The van der Waals surface area contributed by atoms with E-state index in [-0.39, 0.29) is 5.75 Å². The van der Waals surface area contributed by atoms with Gasteiger partial charge in [0.05, 0.1) is 5.75 Å². The van der Waals surface area contributed by atoms with Gasteiger partial charge in [-0.3, -0.25) is 0 Å². The van der Waals surface area contributed by atoms with Crippen molar-refractivity contribution in [2.45, 2.75) is 38.1 Å². The zero-order valence-corrected chi connectivity index (χ0v) is 13.7. The SMILES string of the molecule is CN1CCC(CN(C)S(=O)(=O)CCC2CCCCN2)C1. The summed E-state index contributed by atoms with van der Waals surface area (Å²) in [5.41, 5.74) is 0. The smallest absolute Gasteiger partial charge is 0.213 e. The number of likely N-dealkylation sites (tertiary alicyclic amines) is 1. The molecule has 2 unspecified atom stereocenters. The van der Waals surface area contributed by atoms with Crippen LogP contribution in [0.5, 0.6) is 0 Å². The van der Waals surface area contributed by atoms with Gasteiger partial charge in [-0.05, 0) is 51.7 Å². The molecule has 5 nitrogen and oxygen atoms in total. The van der Waals surface area contributed by atoms with Gasteiger partial charge in [0.2, 0.25) is 10.0 Å². The first kappa shape index (κ1) is 16.2. The first-order chi connectivity index (χ1) is 9.47. The predicted octanol–water partition coefficient (Wildman–Crippen LogP) is 0.732. The molecule has 2 atom stereocenters. The van der Waals surface area contributed by atoms with E-state index < -0.39 is 10.0 Å². The average Bonchev–Trinajstić information content (AvgIpc) is 2.83. The number of hydrogen-bond donors (Lipinski definition) is 1. The lowest BCUT2D eigenvalue weighted by molar-refractivity contribution is 0.353. The third-order valence-corrected chi connectivity index (χ3v) is 6.47. The van der Waals surface area contributed by atoms with E-state index in [9.17, 15) is 8.42 Å². The van der Waals surface area contributed by atoms with Crippen LogP contribution in [0.25, 0.3) is 0 Å². The maximum absolute atomic E-state index is 12.3. The molecule has 0 spiro atoms. The topological polar surface area (TPSA) is 52.7 Å². The van der Waals surface area contributed by atoms with Crippen molar-refractivity contribution < 1.29 is 8.42 Å². The van der Waals surface area contributed by atoms with Gasteiger partial charge in [0.15, 0.2) is 0 Å². The summed E-state index contributed by atoms with van der Waals surface area (Å²) in [5.74, 6) is 0.775.